The first-order valence-corrected chi connectivity index (χ1v) is 11.2. The first-order chi connectivity index (χ1) is 13.8. The molecule has 2 fully saturated rings. The van der Waals surface area contributed by atoms with Crippen molar-refractivity contribution in [2.24, 2.45) is 0 Å². The molecule has 2 unspecified atom stereocenters. The number of nitrogens with two attached hydrogens (primary N) is 2. The van der Waals surface area contributed by atoms with Crippen molar-refractivity contribution in [2.45, 2.75) is 18.2 Å². The van der Waals surface area contributed by atoms with Crippen LogP contribution in [0.2, 0.25) is 5.15 Å². The molecule has 2 aromatic rings. The molecule has 4 N–H and O–H groups in total. The molecule has 4 heterocycles. The SMILES string of the molecule is CC1COCCN1c1cc(N)nc(-c2cc(N)nc(Cl)c2)n1.CS(=O)C1COC1. The van der Waals surface area contributed by atoms with Crippen LogP contribution < -0.4 is 16.4 Å². The largest absolute Gasteiger partial charge is 0.384 e. The zero-order valence-electron chi connectivity index (χ0n) is 16.4. The van der Waals surface area contributed by atoms with E-state index in [1.54, 1.807) is 24.5 Å². The van der Waals surface area contributed by atoms with Gasteiger partial charge in [-0.1, -0.05) is 11.6 Å². The monoisotopic (exact) mass is 440 g/mol. The van der Waals surface area contributed by atoms with Crippen molar-refractivity contribution in [1.29, 1.82) is 0 Å². The molecule has 0 radical (unpaired) electrons. The van der Waals surface area contributed by atoms with Crippen molar-refractivity contribution in [3.8, 4) is 11.4 Å². The number of aromatic nitrogens is 3. The van der Waals surface area contributed by atoms with Crippen LogP contribution in [0.4, 0.5) is 17.5 Å². The Kier molecular flexibility index (Phi) is 7.23. The maximum Gasteiger partial charge on any atom is 0.164 e. The summed E-state index contributed by atoms with van der Waals surface area (Å²) in [4.78, 5) is 15.0. The second kappa shape index (κ2) is 9.66. The van der Waals surface area contributed by atoms with E-state index in [-0.39, 0.29) is 6.04 Å². The Bertz CT molecular complexity index is 862. The average Bonchev–Trinajstić information content (AvgIpc) is 2.59. The van der Waals surface area contributed by atoms with Crippen LogP contribution in [0.3, 0.4) is 0 Å². The van der Waals surface area contributed by atoms with Crippen LogP contribution in [0.25, 0.3) is 11.4 Å². The summed E-state index contributed by atoms with van der Waals surface area (Å²) in [6.07, 6.45) is 1.72. The second-order valence-electron chi connectivity index (χ2n) is 6.85. The molecule has 9 nitrogen and oxygen atoms in total. The van der Waals surface area contributed by atoms with Crippen LogP contribution in [-0.2, 0) is 20.3 Å². The lowest BCUT2D eigenvalue weighted by atomic mass is 10.2. The molecule has 0 amide bonds. The number of nitrogen functional groups attached to an aromatic ring is 2. The Balaban J connectivity index is 0.000000290. The number of halogens is 1. The lowest BCUT2D eigenvalue weighted by Gasteiger charge is -2.34. The van der Waals surface area contributed by atoms with Gasteiger partial charge in [0.2, 0.25) is 0 Å². The highest BCUT2D eigenvalue weighted by Crippen LogP contribution is 2.26. The van der Waals surface area contributed by atoms with Crippen molar-refractivity contribution in [3.05, 3.63) is 23.4 Å². The van der Waals surface area contributed by atoms with Gasteiger partial charge < -0.3 is 25.8 Å². The van der Waals surface area contributed by atoms with Gasteiger partial charge in [-0.3, -0.25) is 4.21 Å². The van der Waals surface area contributed by atoms with Crippen molar-refractivity contribution in [3.63, 3.8) is 0 Å². The van der Waals surface area contributed by atoms with E-state index in [1.165, 1.54) is 0 Å². The van der Waals surface area contributed by atoms with Gasteiger partial charge in [0, 0.05) is 35.2 Å². The lowest BCUT2D eigenvalue weighted by Crippen LogP contribution is -2.44. The fourth-order valence-electron chi connectivity index (χ4n) is 2.85. The number of hydrogen-bond donors (Lipinski definition) is 2. The van der Waals surface area contributed by atoms with Crippen molar-refractivity contribution in [2.75, 3.05) is 55.6 Å². The van der Waals surface area contributed by atoms with E-state index in [4.69, 9.17) is 32.5 Å². The molecule has 11 heteroatoms. The summed E-state index contributed by atoms with van der Waals surface area (Å²) in [7, 11) is -0.649. The van der Waals surface area contributed by atoms with Gasteiger partial charge in [0.25, 0.3) is 0 Å². The van der Waals surface area contributed by atoms with Crippen LogP contribution in [0.5, 0.6) is 0 Å². The fourth-order valence-corrected chi connectivity index (χ4v) is 3.64. The molecule has 2 aliphatic rings. The molecule has 29 heavy (non-hydrogen) atoms. The molecule has 0 aliphatic carbocycles. The zero-order valence-corrected chi connectivity index (χ0v) is 17.9. The van der Waals surface area contributed by atoms with E-state index in [0.717, 1.165) is 12.4 Å². The molecule has 0 saturated carbocycles. The van der Waals surface area contributed by atoms with Crippen molar-refractivity contribution >= 4 is 39.9 Å². The van der Waals surface area contributed by atoms with Gasteiger partial charge in [0.1, 0.15) is 22.6 Å². The number of ether oxygens (including phenoxy) is 2. The average molecular weight is 441 g/mol. The van der Waals surface area contributed by atoms with Crippen molar-refractivity contribution in [1.82, 2.24) is 15.0 Å². The Morgan fingerprint density at radius 1 is 1.10 bits per heavy atom. The summed E-state index contributed by atoms with van der Waals surface area (Å²) in [6.45, 7) is 5.56. The van der Waals surface area contributed by atoms with Gasteiger partial charge in [-0.15, -0.1) is 0 Å². The molecule has 2 aromatic heterocycles. The van der Waals surface area contributed by atoms with Crippen LogP contribution in [0.15, 0.2) is 18.2 Å². The van der Waals surface area contributed by atoms with Crippen molar-refractivity contribution < 1.29 is 13.7 Å². The topological polar surface area (TPSA) is 129 Å². The van der Waals surface area contributed by atoms with Gasteiger partial charge in [-0.05, 0) is 19.1 Å². The predicted octanol–water partition coefficient (Wildman–Crippen LogP) is 1.35. The van der Waals surface area contributed by atoms with E-state index in [2.05, 4.69) is 26.8 Å². The summed E-state index contributed by atoms with van der Waals surface area (Å²) in [5.74, 6) is 1.95. The van der Waals surface area contributed by atoms with Gasteiger partial charge in [0.05, 0.1) is 37.7 Å². The molecule has 0 aromatic carbocycles. The molecular weight excluding hydrogens is 416 g/mol. The fraction of sp³-hybridized carbons (Fsp3) is 0.500. The highest BCUT2D eigenvalue weighted by molar-refractivity contribution is 7.85. The summed E-state index contributed by atoms with van der Waals surface area (Å²) >= 11 is 5.95. The van der Waals surface area contributed by atoms with Crippen LogP contribution >= 0.6 is 11.6 Å². The molecule has 0 spiro atoms. The first-order valence-electron chi connectivity index (χ1n) is 9.16. The van der Waals surface area contributed by atoms with Gasteiger partial charge >= 0.3 is 0 Å². The van der Waals surface area contributed by atoms with E-state index in [9.17, 15) is 4.21 Å². The zero-order chi connectivity index (χ0) is 21.0. The third-order valence-corrected chi connectivity index (χ3v) is 5.95. The number of nitrogens with zero attached hydrogens (tertiary/aromatic N) is 4. The van der Waals surface area contributed by atoms with Crippen LogP contribution in [-0.4, -0.2) is 69.7 Å². The molecule has 4 rings (SSSR count). The summed E-state index contributed by atoms with van der Waals surface area (Å²) in [6, 6.07) is 5.33. The minimum atomic E-state index is -0.649. The van der Waals surface area contributed by atoms with E-state index >= 15 is 0 Å². The molecule has 158 valence electrons. The normalized spacial score (nSPS) is 20.4. The Labute approximate surface area is 177 Å². The third-order valence-electron chi connectivity index (χ3n) is 4.54. The standard InChI is InChI=1S/C14H17ClN6O.C4H8O2S/c1-8-7-22-3-2-21(8)13-6-12(17)19-14(20-13)9-4-10(15)18-11(16)5-9;1-7(5)4-2-6-3-4/h4-6,8H,2-3,7H2,1H3,(H2,16,18)(H2,17,19,20);4H,2-3H2,1H3. The summed E-state index contributed by atoms with van der Waals surface area (Å²) < 4.78 is 20.7. The summed E-state index contributed by atoms with van der Waals surface area (Å²) in [5.41, 5.74) is 12.4. The summed E-state index contributed by atoms with van der Waals surface area (Å²) in [5, 5.41) is 0.627. The number of rotatable bonds is 3. The Morgan fingerprint density at radius 2 is 1.83 bits per heavy atom. The maximum atomic E-state index is 10.5. The molecule has 2 saturated heterocycles. The Hall–Kier alpha value is -2.01. The minimum absolute atomic E-state index is 0.224. The quantitative estimate of drug-likeness (QED) is 0.679. The lowest BCUT2D eigenvalue weighted by molar-refractivity contribution is 0.0437. The molecular formula is C18H25ClN6O3S. The number of hydrogen-bond acceptors (Lipinski definition) is 9. The number of morpholine rings is 1. The van der Waals surface area contributed by atoms with E-state index in [1.807, 2.05) is 0 Å². The predicted molar refractivity (Wildman–Crippen MR) is 115 cm³/mol. The smallest absolute Gasteiger partial charge is 0.164 e. The maximum absolute atomic E-state index is 10.5. The van der Waals surface area contributed by atoms with Crippen LogP contribution in [0.1, 0.15) is 6.92 Å². The van der Waals surface area contributed by atoms with E-state index < -0.39 is 10.8 Å². The first kappa shape index (κ1) is 21.7. The Morgan fingerprint density at radius 3 is 2.38 bits per heavy atom. The van der Waals surface area contributed by atoms with Crippen LogP contribution in [0, 0.1) is 0 Å². The molecule has 2 aliphatic heterocycles. The third kappa shape index (κ3) is 5.75. The minimum Gasteiger partial charge on any atom is -0.384 e. The van der Waals surface area contributed by atoms with E-state index in [0.29, 0.717) is 59.9 Å². The van der Waals surface area contributed by atoms with Gasteiger partial charge in [0.15, 0.2) is 5.82 Å². The molecule has 2 atom stereocenters. The second-order valence-corrected chi connectivity index (χ2v) is 8.90. The number of anilines is 3. The number of pyridine rings is 1. The van der Waals surface area contributed by atoms with Gasteiger partial charge in [-0.2, -0.15) is 0 Å². The molecule has 0 bridgehead atoms. The van der Waals surface area contributed by atoms with Gasteiger partial charge in [-0.25, -0.2) is 15.0 Å². The highest BCUT2D eigenvalue weighted by atomic mass is 35.5. The highest BCUT2D eigenvalue weighted by Gasteiger charge is 2.22.